The first-order chi connectivity index (χ1) is 9.90. The van der Waals surface area contributed by atoms with Crippen LogP contribution in [0.15, 0.2) is 42.9 Å². The number of aryl methyl sites for hydroxylation is 2. The Morgan fingerprint density at radius 3 is 2.90 bits per heavy atom. The van der Waals surface area contributed by atoms with Gasteiger partial charge in [-0.25, -0.2) is 15.0 Å². The zero-order valence-corrected chi connectivity index (χ0v) is 11.0. The molecule has 2 heterocycles. The highest BCUT2D eigenvalue weighted by molar-refractivity contribution is 5.88. The molecule has 0 saturated carbocycles. The predicted molar refractivity (Wildman–Crippen MR) is 79.1 cm³/mol. The van der Waals surface area contributed by atoms with E-state index in [0.717, 1.165) is 16.9 Å². The lowest BCUT2D eigenvalue weighted by molar-refractivity contribution is 0.912. The smallest absolute Gasteiger partial charge is 0.164 e. The van der Waals surface area contributed by atoms with Crippen LogP contribution in [0, 0.1) is 0 Å². The van der Waals surface area contributed by atoms with Gasteiger partial charge >= 0.3 is 0 Å². The summed E-state index contributed by atoms with van der Waals surface area (Å²) in [6, 6.07) is 10.4. The fourth-order valence-corrected chi connectivity index (χ4v) is 2.78. The quantitative estimate of drug-likeness (QED) is 0.770. The molecule has 1 aliphatic carbocycles. The third-order valence-corrected chi connectivity index (χ3v) is 3.77. The second-order valence-electron chi connectivity index (χ2n) is 5.06. The number of pyridine rings is 1. The van der Waals surface area contributed by atoms with Crippen LogP contribution in [-0.2, 0) is 12.8 Å². The Labute approximate surface area is 116 Å². The molecule has 4 heteroatoms. The number of hydrogen-bond acceptors (Lipinski definition) is 4. The topological polar surface area (TPSA) is 50.7 Å². The van der Waals surface area contributed by atoms with Crippen molar-refractivity contribution in [2.75, 3.05) is 5.32 Å². The summed E-state index contributed by atoms with van der Waals surface area (Å²) in [5.41, 5.74) is 4.72. The lowest BCUT2D eigenvalue weighted by Gasteiger charge is -2.09. The van der Waals surface area contributed by atoms with Crippen molar-refractivity contribution in [2.24, 2.45) is 0 Å². The molecule has 0 radical (unpaired) electrons. The molecule has 0 fully saturated rings. The van der Waals surface area contributed by atoms with Gasteiger partial charge in [0.05, 0.1) is 5.39 Å². The normalized spacial score (nSPS) is 13.4. The Morgan fingerprint density at radius 1 is 0.950 bits per heavy atom. The van der Waals surface area contributed by atoms with E-state index in [9.17, 15) is 0 Å². The monoisotopic (exact) mass is 262 g/mol. The molecule has 0 aliphatic heterocycles. The maximum absolute atomic E-state index is 4.33. The minimum Gasteiger partial charge on any atom is -0.340 e. The zero-order chi connectivity index (χ0) is 13.4. The van der Waals surface area contributed by atoms with Crippen LogP contribution < -0.4 is 5.32 Å². The molecule has 0 amide bonds. The molecular formula is C16H14N4. The van der Waals surface area contributed by atoms with Gasteiger partial charge in [0.15, 0.2) is 5.65 Å². The van der Waals surface area contributed by atoms with Crippen LogP contribution in [0.5, 0.6) is 0 Å². The van der Waals surface area contributed by atoms with Crippen LogP contribution in [0.1, 0.15) is 17.5 Å². The number of aromatic nitrogens is 3. The second-order valence-corrected chi connectivity index (χ2v) is 5.06. The van der Waals surface area contributed by atoms with Crippen LogP contribution in [0.3, 0.4) is 0 Å². The lowest BCUT2D eigenvalue weighted by Crippen LogP contribution is -1.97. The van der Waals surface area contributed by atoms with Crippen LogP contribution >= 0.6 is 0 Å². The minimum atomic E-state index is 0.714. The maximum Gasteiger partial charge on any atom is 0.164 e. The number of anilines is 2. The number of nitrogens with zero attached hydrogens (tertiary/aromatic N) is 3. The van der Waals surface area contributed by atoms with E-state index in [1.54, 1.807) is 12.5 Å². The Balaban J connectivity index is 1.74. The van der Waals surface area contributed by atoms with E-state index in [4.69, 9.17) is 0 Å². The molecule has 1 aliphatic rings. The van der Waals surface area contributed by atoms with Crippen LogP contribution in [0.25, 0.3) is 11.0 Å². The highest BCUT2D eigenvalue weighted by Gasteiger charge is 2.11. The van der Waals surface area contributed by atoms with E-state index < -0.39 is 0 Å². The third-order valence-electron chi connectivity index (χ3n) is 3.77. The standard InChI is InChI=1S/C16H14N4/c1-3-11-6-7-13(9-12(11)4-1)20-16-14-5-2-8-17-15(14)18-10-19-16/h2,5-10H,1,3-4H2,(H,17,18,19,20). The SMILES string of the molecule is c1cnc2ncnc(Nc3ccc4c(c3)CCC4)c2c1. The molecule has 1 aromatic carbocycles. The molecule has 98 valence electrons. The number of hydrogen-bond donors (Lipinski definition) is 1. The summed E-state index contributed by atoms with van der Waals surface area (Å²) in [5, 5.41) is 4.33. The van der Waals surface area contributed by atoms with Gasteiger partial charge in [-0.3, -0.25) is 0 Å². The minimum absolute atomic E-state index is 0.714. The summed E-state index contributed by atoms with van der Waals surface area (Å²) in [6.07, 6.45) is 6.94. The first-order valence-electron chi connectivity index (χ1n) is 6.85. The Bertz CT molecular complexity index is 777. The fraction of sp³-hybridized carbons (Fsp3) is 0.188. The second kappa shape index (κ2) is 4.56. The van der Waals surface area contributed by atoms with Crippen LogP contribution in [0.4, 0.5) is 11.5 Å². The zero-order valence-electron chi connectivity index (χ0n) is 11.0. The van der Waals surface area contributed by atoms with Crippen molar-refractivity contribution in [3.63, 3.8) is 0 Å². The summed E-state index contributed by atoms with van der Waals surface area (Å²) in [5.74, 6) is 0.807. The van der Waals surface area contributed by atoms with Gasteiger partial charge in [-0.05, 0) is 54.7 Å². The first-order valence-corrected chi connectivity index (χ1v) is 6.85. The molecule has 4 rings (SSSR count). The van der Waals surface area contributed by atoms with E-state index in [2.05, 4.69) is 38.5 Å². The van der Waals surface area contributed by atoms with Gasteiger partial charge in [-0.15, -0.1) is 0 Å². The highest BCUT2D eigenvalue weighted by atomic mass is 15.0. The van der Waals surface area contributed by atoms with Crippen molar-refractivity contribution in [3.05, 3.63) is 54.0 Å². The average Bonchev–Trinajstić information content (AvgIpc) is 2.95. The van der Waals surface area contributed by atoms with Gasteiger partial charge in [0.2, 0.25) is 0 Å². The molecule has 20 heavy (non-hydrogen) atoms. The van der Waals surface area contributed by atoms with Gasteiger partial charge < -0.3 is 5.32 Å². The molecule has 0 spiro atoms. The van der Waals surface area contributed by atoms with E-state index in [0.29, 0.717) is 5.65 Å². The molecule has 4 nitrogen and oxygen atoms in total. The molecule has 0 atom stereocenters. The third kappa shape index (κ3) is 1.90. The molecular weight excluding hydrogens is 248 g/mol. The summed E-state index contributed by atoms with van der Waals surface area (Å²) in [4.78, 5) is 12.8. The largest absolute Gasteiger partial charge is 0.340 e. The molecule has 0 saturated heterocycles. The van der Waals surface area contributed by atoms with Gasteiger partial charge in [0, 0.05) is 11.9 Å². The average molecular weight is 262 g/mol. The number of rotatable bonds is 2. The van der Waals surface area contributed by atoms with E-state index in [1.807, 2.05) is 12.1 Å². The summed E-state index contributed by atoms with van der Waals surface area (Å²) in [6.45, 7) is 0. The van der Waals surface area contributed by atoms with Crippen LogP contribution in [0.2, 0.25) is 0 Å². The van der Waals surface area contributed by atoms with Gasteiger partial charge in [-0.1, -0.05) is 6.07 Å². The summed E-state index contributed by atoms with van der Waals surface area (Å²) in [7, 11) is 0. The Morgan fingerprint density at radius 2 is 1.90 bits per heavy atom. The van der Waals surface area contributed by atoms with Crippen molar-refractivity contribution >= 4 is 22.5 Å². The lowest BCUT2D eigenvalue weighted by atomic mass is 10.1. The van der Waals surface area contributed by atoms with E-state index >= 15 is 0 Å². The highest BCUT2D eigenvalue weighted by Crippen LogP contribution is 2.27. The van der Waals surface area contributed by atoms with Gasteiger partial charge in [-0.2, -0.15) is 0 Å². The van der Waals surface area contributed by atoms with Crippen molar-refractivity contribution in [1.82, 2.24) is 15.0 Å². The van der Waals surface area contributed by atoms with E-state index in [-0.39, 0.29) is 0 Å². The molecule has 0 unspecified atom stereocenters. The van der Waals surface area contributed by atoms with E-state index in [1.165, 1.54) is 30.4 Å². The Kier molecular flexibility index (Phi) is 2.59. The van der Waals surface area contributed by atoms with Gasteiger partial charge in [0.1, 0.15) is 12.1 Å². The van der Waals surface area contributed by atoms with Crippen molar-refractivity contribution in [2.45, 2.75) is 19.3 Å². The fourth-order valence-electron chi connectivity index (χ4n) is 2.78. The maximum atomic E-state index is 4.33. The van der Waals surface area contributed by atoms with Crippen molar-refractivity contribution in [3.8, 4) is 0 Å². The van der Waals surface area contributed by atoms with Crippen LogP contribution in [-0.4, -0.2) is 15.0 Å². The van der Waals surface area contributed by atoms with Gasteiger partial charge in [0.25, 0.3) is 0 Å². The number of nitrogens with one attached hydrogen (secondary N) is 1. The molecule has 3 aromatic rings. The number of fused-ring (bicyclic) bond motifs is 2. The predicted octanol–water partition coefficient (Wildman–Crippen LogP) is 3.26. The first kappa shape index (κ1) is 11.3. The molecule has 2 aromatic heterocycles. The summed E-state index contributed by atoms with van der Waals surface area (Å²) < 4.78 is 0. The summed E-state index contributed by atoms with van der Waals surface area (Å²) >= 11 is 0. The van der Waals surface area contributed by atoms with Crippen molar-refractivity contribution in [1.29, 1.82) is 0 Å². The Hall–Kier alpha value is -2.49. The molecule has 0 bridgehead atoms. The molecule has 1 N–H and O–H groups in total. The van der Waals surface area contributed by atoms with Crippen molar-refractivity contribution < 1.29 is 0 Å². The number of benzene rings is 1.